The van der Waals surface area contributed by atoms with E-state index in [2.05, 4.69) is 36.5 Å². The number of rotatable bonds is 6. The fourth-order valence-corrected chi connectivity index (χ4v) is 3.32. The lowest BCUT2D eigenvalue weighted by molar-refractivity contribution is -0.137. The maximum absolute atomic E-state index is 12.3. The second kappa shape index (κ2) is 7.99. The first-order valence-corrected chi connectivity index (χ1v) is 8.28. The second-order valence-corrected chi connectivity index (χ2v) is 6.36. The summed E-state index contributed by atoms with van der Waals surface area (Å²) >= 11 is 0. The molecular weight excluding hydrogens is 292 g/mol. The van der Waals surface area contributed by atoms with Crippen LogP contribution in [0, 0.1) is 6.92 Å². The highest BCUT2D eigenvalue weighted by molar-refractivity contribution is 5.74. The number of nitrogens with zero attached hydrogens (tertiary/aromatic N) is 1. The van der Waals surface area contributed by atoms with Gasteiger partial charge in [0.25, 0.3) is 0 Å². The first kappa shape index (κ1) is 17.3. The van der Waals surface area contributed by atoms with Gasteiger partial charge in [0.15, 0.2) is 0 Å². The number of carboxylic acids is 1. The molecule has 0 bridgehead atoms. The fraction of sp³-hybridized carbons (Fsp3) is 0.556. The van der Waals surface area contributed by atoms with Crippen LogP contribution in [0.5, 0.6) is 0 Å². The molecular formula is C18H26N2O3. The summed E-state index contributed by atoms with van der Waals surface area (Å²) in [6.45, 7) is 2.48. The number of carbonyl (C=O) groups excluding carboxylic acids is 1. The van der Waals surface area contributed by atoms with E-state index in [4.69, 9.17) is 5.11 Å². The maximum Gasteiger partial charge on any atom is 0.317 e. The topological polar surface area (TPSA) is 69.6 Å². The van der Waals surface area contributed by atoms with Gasteiger partial charge in [0.05, 0.1) is 0 Å². The lowest BCUT2D eigenvalue weighted by Gasteiger charge is -2.30. The van der Waals surface area contributed by atoms with E-state index in [1.807, 2.05) is 7.05 Å². The minimum Gasteiger partial charge on any atom is -0.481 e. The molecule has 0 heterocycles. The number of urea groups is 1. The molecule has 126 valence electrons. The first-order chi connectivity index (χ1) is 11.0. The normalized spacial score (nSPS) is 20.3. The molecule has 5 nitrogen and oxygen atoms in total. The van der Waals surface area contributed by atoms with Crippen molar-refractivity contribution in [2.45, 2.75) is 51.0 Å². The molecule has 1 fully saturated rings. The smallest absolute Gasteiger partial charge is 0.317 e. The highest BCUT2D eigenvalue weighted by Gasteiger charge is 2.33. The number of carboxylic acid groups (broad SMARTS) is 1. The molecule has 2 amide bonds. The highest BCUT2D eigenvalue weighted by Crippen LogP contribution is 2.37. The lowest BCUT2D eigenvalue weighted by atomic mass is 9.93. The summed E-state index contributed by atoms with van der Waals surface area (Å²) in [5.41, 5.74) is 2.54. The second-order valence-electron chi connectivity index (χ2n) is 6.36. The van der Waals surface area contributed by atoms with Gasteiger partial charge in [-0.05, 0) is 31.7 Å². The summed E-state index contributed by atoms with van der Waals surface area (Å²) < 4.78 is 0. The van der Waals surface area contributed by atoms with Crippen molar-refractivity contribution < 1.29 is 14.7 Å². The Morgan fingerprint density at radius 3 is 2.61 bits per heavy atom. The van der Waals surface area contributed by atoms with E-state index < -0.39 is 5.97 Å². The number of aryl methyl sites for hydroxylation is 1. The number of likely N-dealkylation sites (N-methyl/N-ethyl adjacent to an activating group) is 1. The van der Waals surface area contributed by atoms with Gasteiger partial charge in [-0.25, -0.2) is 4.79 Å². The molecule has 0 aromatic heterocycles. The van der Waals surface area contributed by atoms with E-state index in [9.17, 15) is 9.59 Å². The average Bonchev–Trinajstić information content (AvgIpc) is 3.00. The third-order valence-electron chi connectivity index (χ3n) is 4.65. The summed E-state index contributed by atoms with van der Waals surface area (Å²) in [7, 11) is 1.84. The Morgan fingerprint density at radius 1 is 1.26 bits per heavy atom. The quantitative estimate of drug-likeness (QED) is 0.792. The van der Waals surface area contributed by atoms with E-state index in [0.717, 1.165) is 19.3 Å². The Kier molecular flexibility index (Phi) is 6.02. The van der Waals surface area contributed by atoms with E-state index in [1.54, 1.807) is 4.90 Å². The number of benzene rings is 1. The van der Waals surface area contributed by atoms with Crippen molar-refractivity contribution in [3.05, 3.63) is 35.4 Å². The third kappa shape index (κ3) is 4.71. The minimum absolute atomic E-state index is 0.0828. The van der Waals surface area contributed by atoms with Gasteiger partial charge in [0.1, 0.15) is 0 Å². The first-order valence-electron chi connectivity index (χ1n) is 8.28. The number of aliphatic carboxylic acids is 1. The molecule has 5 heteroatoms. The Labute approximate surface area is 137 Å². The lowest BCUT2D eigenvalue weighted by Crippen LogP contribution is -2.44. The van der Waals surface area contributed by atoms with Gasteiger partial charge < -0.3 is 15.3 Å². The van der Waals surface area contributed by atoms with Crippen LogP contribution in [-0.4, -0.2) is 41.6 Å². The SMILES string of the molecule is Cc1ccc(C2CCCC2N(C)C(=O)NCCCC(=O)O)cc1. The Bertz CT molecular complexity index is 542. The van der Waals surface area contributed by atoms with Crippen LogP contribution in [0.3, 0.4) is 0 Å². The maximum atomic E-state index is 12.3. The van der Waals surface area contributed by atoms with Crippen LogP contribution in [-0.2, 0) is 4.79 Å². The molecule has 1 saturated carbocycles. The van der Waals surface area contributed by atoms with Crippen LogP contribution in [0.2, 0.25) is 0 Å². The molecule has 0 spiro atoms. The van der Waals surface area contributed by atoms with Gasteiger partial charge in [-0.15, -0.1) is 0 Å². The Morgan fingerprint density at radius 2 is 1.96 bits per heavy atom. The molecule has 2 atom stereocenters. The Hall–Kier alpha value is -2.04. The van der Waals surface area contributed by atoms with Gasteiger partial charge in [-0.3, -0.25) is 4.79 Å². The largest absolute Gasteiger partial charge is 0.481 e. The predicted octanol–water partition coefficient (Wildman–Crippen LogP) is 3.14. The summed E-state index contributed by atoms with van der Waals surface area (Å²) in [6.07, 6.45) is 3.78. The summed E-state index contributed by atoms with van der Waals surface area (Å²) in [4.78, 5) is 24.6. The van der Waals surface area contributed by atoms with Crippen LogP contribution < -0.4 is 5.32 Å². The Balaban J connectivity index is 1.91. The van der Waals surface area contributed by atoms with Crippen LogP contribution in [0.4, 0.5) is 4.79 Å². The van der Waals surface area contributed by atoms with Crippen LogP contribution in [0.15, 0.2) is 24.3 Å². The number of hydrogen-bond donors (Lipinski definition) is 2. The minimum atomic E-state index is -0.831. The van der Waals surface area contributed by atoms with Crippen molar-refractivity contribution >= 4 is 12.0 Å². The van der Waals surface area contributed by atoms with Gasteiger partial charge in [0, 0.05) is 32.0 Å². The zero-order valence-electron chi connectivity index (χ0n) is 13.9. The fourth-order valence-electron chi connectivity index (χ4n) is 3.32. The zero-order valence-corrected chi connectivity index (χ0v) is 13.9. The van der Waals surface area contributed by atoms with Crippen LogP contribution in [0.1, 0.15) is 49.1 Å². The molecule has 1 aliphatic carbocycles. The van der Waals surface area contributed by atoms with E-state index >= 15 is 0 Å². The number of nitrogens with one attached hydrogen (secondary N) is 1. The standard InChI is InChI=1S/C18H26N2O3/c1-13-8-10-14(11-9-13)15-5-3-6-16(15)20(2)18(23)19-12-4-7-17(21)22/h8-11,15-16H,3-7,12H2,1-2H3,(H,19,23)(H,21,22). The van der Waals surface area contributed by atoms with Gasteiger partial charge in [0.2, 0.25) is 0 Å². The van der Waals surface area contributed by atoms with Crippen LogP contribution >= 0.6 is 0 Å². The molecule has 0 radical (unpaired) electrons. The van der Waals surface area contributed by atoms with Crippen molar-refractivity contribution in [1.29, 1.82) is 0 Å². The van der Waals surface area contributed by atoms with Gasteiger partial charge >= 0.3 is 12.0 Å². The van der Waals surface area contributed by atoms with Crippen molar-refractivity contribution in [1.82, 2.24) is 10.2 Å². The van der Waals surface area contributed by atoms with E-state index in [0.29, 0.717) is 18.9 Å². The highest BCUT2D eigenvalue weighted by atomic mass is 16.4. The van der Waals surface area contributed by atoms with Crippen molar-refractivity contribution in [2.75, 3.05) is 13.6 Å². The molecule has 1 aromatic rings. The number of amides is 2. The van der Waals surface area contributed by atoms with E-state index in [-0.39, 0.29) is 18.5 Å². The van der Waals surface area contributed by atoms with E-state index in [1.165, 1.54) is 11.1 Å². The molecule has 2 unspecified atom stereocenters. The predicted molar refractivity (Wildman–Crippen MR) is 89.6 cm³/mol. The average molecular weight is 318 g/mol. The molecule has 2 N–H and O–H groups in total. The molecule has 0 aliphatic heterocycles. The number of hydrogen-bond acceptors (Lipinski definition) is 2. The molecule has 0 saturated heterocycles. The summed E-state index contributed by atoms with van der Waals surface area (Å²) in [5.74, 6) is -0.451. The zero-order chi connectivity index (χ0) is 16.8. The van der Waals surface area contributed by atoms with Gasteiger partial charge in [-0.1, -0.05) is 36.2 Å². The van der Waals surface area contributed by atoms with Crippen molar-refractivity contribution in [3.63, 3.8) is 0 Å². The third-order valence-corrected chi connectivity index (χ3v) is 4.65. The van der Waals surface area contributed by atoms with Crippen LogP contribution in [0.25, 0.3) is 0 Å². The van der Waals surface area contributed by atoms with Crippen molar-refractivity contribution in [3.8, 4) is 0 Å². The molecule has 1 aromatic carbocycles. The summed E-state index contributed by atoms with van der Waals surface area (Å²) in [5, 5.41) is 11.4. The molecule has 2 rings (SSSR count). The molecule has 1 aliphatic rings. The van der Waals surface area contributed by atoms with Crippen molar-refractivity contribution in [2.24, 2.45) is 0 Å². The summed E-state index contributed by atoms with van der Waals surface area (Å²) in [6, 6.07) is 8.66. The number of carbonyl (C=O) groups is 2. The monoisotopic (exact) mass is 318 g/mol. The van der Waals surface area contributed by atoms with Gasteiger partial charge in [-0.2, -0.15) is 0 Å². The molecule has 23 heavy (non-hydrogen) atoms.